The third-order valence-electron chi connectivity index (χ3n) is 10.2. The van der Waals surface area contributed by atoms with Gasteiger partial charge in [-0.05, 0) is 66.6 Å². The molecule has 3 rings (SSSR count). The Balaban J connectivity index is 1.27. The summed E-state index contributed by atoms with van der Waals surface area (Å²) in [5.41, 5.74) is 5.08. The van der Waals surface area contributed by atoms with Gasteiger partial charge in [-0.1, -0.05) is 197 Å². The van der Waals surface area contributed by atoms with E-state index in [-0.39, 0.29) is 12.1 Å². The van der Waals surface area contributed by atoms with Crippen molar-refractivity contribution >= 4 is 5.97 Å². The zero-order chi connectivity index (χ0) is 35.5. The smallest absolute Gasteiger partial charge is 0.343 e. The van der Waals surface area contributed by atoms with Gasteiger partial charge in [0.1, 0.15) is 5.75 Å². The Hall–Kier alpha value is -2.91. The summed E-state index contributed by atoms with van der Waals surface area (Å²) < 4.78 is 12.0. The largest absolute Gasteiger partial charge is 0.423 e. The zero-order valence-corrected chi connectivity index (χ0v) is 32.2. The molecule has 0 saturated heterocycles. The van der Waals surface area contributed by atoms with Gasteiger partial charge in [0.05, 0.1) is 11.7 Å². The SMILES string of the molecule is CCCCCCCCCCCCCCCCCCOC(C)c1ccc(-c2ccc(C(=O)Oc3ccccc3CCCCCCCC)cc2)cc1. The highest BCUT2D eigenvalue weighted by atomic mass is 16.5. The Kier molecular flexibility index (Phi) is 22.3. The highest BCUT2D eigenvalue weighted by molar-refractivity contribution is 5.91. The monoisotopic (exact) mass is 683 g/mol. The number of hydrogen-bond acceptors (Lipinski definition) is 3. The molecule has 3 aromatic carbocycles. The maximum absolute atomic E-state index is 13.0. The number of ether oxygens (including phenoxy) is 2. The van der Waals surface area contributed by atoms with Crippen LogP contribution in [0.15, 0.2) is 72.8 Å². The Labute approximate surface area is 307 Å². The van der Waals surface area contributed by atoms with Crippen LogP contribution in [-0.4, -0.2) is 12.6 Å². The predicted octanol–water partition coefficient (Wildman–Crippen LogP) is 14.8. The average molecular weight is 683 g/mol. The molecule has 0 bridgehead atoms. The predicted molar refractivity (Wildman–Crippen MR) is 214 cm³/mol. The number of rotatable bonds is 29. The second kappa shape index (κ2) is 26.8. The van der Waals surface area contributed by atoms with Gasteiger partial charge in [0.2, 0.25) is 0 Å². The van der Waals surface area contributed by atoms with Crippen LogP contribution in [0, 0.1) is 0 Å². The molecule has 0 saturated carbocycles. The first-order valence-corrected chi connectivity index (χ1v) is 20.7. The number of esters is 1. The molecule has 0 aliphatic heterocycles. The van der Waals surface area contributed by atoms with Crippen molar-refractivity contribution in [1.82, 2.24) is 0 Å². The quantitative estimate of drug-likeness (QED) is 0.0415. The molecule has 50 heavy (non-hydrogen) atoms. The molecule has 276 valence electrons. The van der Waals surface area contributed by atoms with E-state index in [1.807, 2.05) is 42.5 Å². The molecule has 3 heteroatoms. The normalized spacial score (nSPS) is 11.9. The summed E-state index contributed by atoms with van der Waals surface area (Å²) in [4.78, 5) is 13.0. The average Bonchev–Trinajstić information content (AvgIpc) is 3.15. The second-order valence-corrected chi connectivity index (χ2v) is 14.5. The Bertz CT molecular complexity index is 1260. The standard InChI is InChI=1S/C47H70O3/c1-4-6-8-10-12-13-14-15-16-17-18-19-20-21-23-27-39-49-40(3)41-31-33-42(34-32-41)43-35-37-45(38-36-43)47(48)50-46-30-26-25-29-44(46)28-24-22-11-9-7-5-2/h25-26,29-38,40H,4-24,27-28,39H2,1-3H3. The Morgan fingerprint density at radius 3 is 1.48 bits per heavy atom. The van der Waals surface area contributed by atoms with Gasteiger partial charge in [0.15, 0.2) is 0 Å². The fourth-order valence-electron chi connectivity index (χ4n) is 6.82. The third kappa shape index (κ3) is 17.3. The minimum Gasteiger partial charge on any atom is -0.423 e. The van der Waals surface area contributed by atoms with E-state index in [2.05, 4.69) is 51.1 Å². The van der Waals surface area contributed by atoms with E-state index < -0.39 is 0 Å². The summed E-state index contributed by atoms with van der Waals surface area (Å²) in [5, 5.41) is 0. The molecule has 1 unspecified atom stereocenters. The van der Waals surface area contributed by atoms with Crippen molar-refractivity contribution < 1.29 is 14.3 Å². The lowest BCUT2D eigenvalue weighted by molar-refractivity contribution is 0.0627. The van der Waals surface area contributed by atoms with Crippen molar-refractivity contribution in [3.8, 4) is 16.9 Å². The van der Waals surface area contributed by atoms with Gasteiger partial charge in [0.25, 0.3) is 0 Å². The molecule has 1 atom stereocenters. The van der Waals surface area contributed by atoms with E-state index in [1.54, 1.807) is 0 Å². The minimum absolute atomic E-state index is 0.0847. The molecule has 3 aromatic rings. The van der Waals surface area contributed by atoms with Crippen molar-refractivity contribution in [2.45, 2.75) is 175 Å². The molecule has 0 amide bonds. The van der Waals surface area contributed by atoms with Gasteiger partial charge in [-0.15, -0.1) is 0 Å². The van der Waals surface area contributed by atoms with Crippen molar-refractivity contribution in [2.24, 2.45) is 0 Å². The van der Waals surface area contributed by atoms with E-state index in [4.69, 9.17) is 9.47 Å². The highest BCUT2D eigenvalue weighted by Crippen LogP contribution is 2.26. The van der Waals surface area contributed by atoms with Gasteiger partial charge in [-0.25, -0.2) is 4.79 Å². The van der Waals surface area contributed by atoms with E-state index >= 15 is 0 Å². The van der Waals surface area contributed by atoms with Crippen LogP contribution >= 0.6 is 0 Å². The van der Waals surface area contributed by atoms with Crippen LogP contribution < -0.4 is 4.74 Å². The van der Waals surface area contributed by atoms with Crippen LogP contribution in [0.1, 0.15) is 190 Å². The number of para-hydroxylation sites is 1. The first-order valence-electron chi connectivity index (χ1n) is 20.7. The lowest BCUT2D eigenvalue weighted by Gasteiger charge is -2.14. The molecule has 0 N–H and O–H groups in total. The number of unbranched alkanes of at least 4 members (excludes halogenated alkanes) is 20. The topological polar surface area (TPSA) is 35.5 Å². The molecule has 0 fully saturated rings. The van der Waals surface area contributed by atoms with E-state index in [0.29, 0.717) is 11.3 Å². The van der Waals surface area contributed by atoms with E-state index in [1.165, 1.54) is 134 Å². The van der Waals surface area contributed by atoms with Crippen molar-refractivity contribution in [2.75, 3.05) is 6.61 Å². The molecular weight excluding hydrogens is 613 g/mol. The molecule has 0 aromatic heterocycles. The Morgan fingerprint density at radius 1 is 0.520 bits per heavy atom. The van der Waals surface area contributed by atoms with Gasteiger partial charge in [-0.2, -0.15) is 0 Å². The minimum atomic E-state index is -0.308. The maximum atomic E-state index is 13.0. The van der Waals surface area contributed by atoms with Crippen LogP contribution in [0.5, 0.6) is 5.75 Å². The van der Waals surface area contributed by atoms with Crippen LogP contribution in [0.4, 0.5) is 0 Å². The second-order valence-electron chi connectivity index (χ2n) is 14.5. The molecular formula is C47H70O3. The van der Waals surface area contributed by atoms with Crippen molar-refractivity contribution in [3.05, 3.63) is 89.5 Å². The fourth-order valence-corrected chi connectivity index (χ4v) is 6.82. The van der Waals surface area contributed by atoms with Crippen LogP contribution in [-0.2, 0) is 11.2 Å². The van der Waals surface area contributed by atoms with Crippen molar-refractivity contribution in [3.63, 3.8) is 0 Å². The molecule has 0 radical (unpaired) electrons. The first-order chi connectivity index (χ1) is 24.6. The molecule has 3 nitrogen and oxygen atoms in total. The number of carbonyl (C=O) groups excluding carboxylic acids is 1. The number of aryl methyl sites for hydroxylation is 1. The molecule has 0 aliphatic rings. The maximum Gasteiger partial charge on any atom is 0.343 e. The zero-order valence-electron chi connectivity index (χ0n) is 32.2. The summed E-state index contributed by atoms with van der Waals surface area (Å²) in [6.45, 7) is 7.50. The molecule has 0 aliphatic carbocycles. The molecule has 0 heterocycles. The highest BCUT2D eigenvalue weighted by Gasteiger charge is 2.13. The summed E-state index contributed by atoms with van der Waals surface area (Å²) in [6, 6.07) is 24.3. The van der Waals surface area contributed by atoms with Gasteiger partial charge in [0, 0.05) is 6.61 Å². The summed E-state index contributed by atoms with van der Waals surface area (Å²) in [6.07, 6.45) is 30.7. The van der Waals surface area contributed by atoms with Crippen molar-refractivity contribution in [1.29, 1.82) is 0 Å². The lowest BCUT2D eigenvalue weighted by Crippen LogP contribution is -2.09. The van der Waals surface area contributed by atoms with Crippen LogP contribution in [0.25, 0.3) is 11.1 Å². The first kappa shape index (κ1) is 41.5. The number of carbonyl (C=O) groups is 1. The summed E-state index contributed by atoms with van der Waals surface area (Å²) in [7, 11) is 0. The molecule has 0 spiro atoms. The lowest BCUT2D eigenvalue weighted by atomic mass is 10.0. The van der Waals surface area contributed by atoms with Crippen LogP contribution in [0.3, 0.4) is 0 Å². The summed E-state index contributed by atoms with van der Waals surface area (Å²) >= 11 is 0. The third-order valence-corrected chi connectivity index (χ3v) is 10.2. The number of benzene rings is 3. The van der Waals surface area contributed by atoms with Gasteiger partial charge >= 0.3 is 5.97 Å². The van der Waals surface area contributed by atoms with Gasteiger partial charge < -0.3 is 9.47 Å². The van der Waals surface area contributed by atoms with E-state index in [9.17, 15) is 4.79 Å². The Morgan fingerprint density at radius 2 is 0.960 bits per heavy atom. The van der Waals surface area contributed by atoms with Crippen LogP contribution in [0.2, 0.25) is 0 Å². The van der Waals surface area contributed by atoms with Gasteiger partial charge in [-0.3, -0.25) is 0 Å². The van der Waals surface area contributed by atoms with E-state index in [0.717, 1.165) is 42.6 Å². The summed E-state index contributed by atoms with van der Waals surface area (Å²) in [5.74, 6) is 0.370. The number of hydrogen-bond donors (Lipinski definition) is 0. The fraction of sp³-hybridized carbons (Fsp3) is 0.596.